The van der Waals surface area contributed by atoms with Crippen molar-refractivity contribution in [3.8, 4) is 0 Å². The van der Waals surface area contributed by atoms with Crippen molar-refractivity contribution < 1.29 is 22.7 Å². The first-order chi connectivity index (χ1) is 11.3. The van der Waals surface area contributed by atoms with E-state index in [0.29, 0.717) is 17.8 Å². The van der Waals surface area contributed by atoms with Crippen LogP contribution in [0.1, 0.15) is 15.9 Å². The summed E-state index contributed by atoms with van der Waals surface area (Å²) in [6, 6.07) is 8.67. The summed E-state index contributed by atoms with van der Waals surface area (Å²) >= 11 is 0. The van der Waals surface area contributed by atoms with Crippen LogP contribution in [0.2, 0.25) is 0 Å². The van der Waals surface area contributed by atoms with Gasteiger partial charge in [-0.3, -0.25) is 4.79 Å². The van der Waals surface area contributed by atoms with Crippen LogP contribution in [-0.2, 0) is 11.3 Å². The van der Waals surface area contributed by atoms with Gasteiger partial charge >= 0.3 is 6.18 Å². The highest BCUT2D eigenvalue weighted by atomic mass is 19.4. The Morgan fingerprint density at radius 1 is 1.21 bits per heavy atom. The van der Waals surface area contributed by atoms with Crippen LogP contribution in [0.15, 0.2) is 54.7 Å². The number of nitrogens with two attached hydrogens (primary N) is 1. The minimum absolute atomic E-state index is 0.173. The molecule has 0 bridgehead atoms. The number of rotatable bonds is 4. The lowest BCUT2D eigenvalue weighted by molar-refractivity contribution is -0.126. The lowest BCUT2D eigenvalue weighted by Crippen LogP contribution is -2.13. The zero-order valence-electron chi connectivity index (χ0n) is 12.5. The van der Waals surface area contributed by atoms with Crippen LogP contribution < -0.4 is 10.6 Å². The molecule has 0 saturated heterocycles. The summed E-state index contributed by atoms with van der Waals surface area (Å²) in [7, 11) is 0. The zero-order valence-corrected chi connectivity index (χ0v) is 12.5. The maximum Gasteiger partial charge on any atom is 0.450 e. The van der Waals surface area contributed by atoms with Crippen LogP contribution in [0.4, 0.5) is 18.9 Å². The Hall–Kier alpha value is -2.90. The summed E-state index contributed by atoms with van der Waals surface area (Å²) in [5.41, 5.74) is 7.15. The maximum atomic E-state index is 12.6. The molecular weight excluding hydrogens is 323 g/mol. The van der Waals surface area contributed by atoms with Gasteiger partial charge in [0.25, 0.3) is 0 Å². The molecule has 0 atom stereocenters. The zero-order chi connectivity index (χ0) is 17.3. The SMILES string of the molecule is NC(=O)c1ccn(Cc2ccc(N3C=C(C(F)(F)F)OC3)cc2)c1. The van der Waals surface area contributed by atoms with Gasteiger partial charge < -0.3 is 19.9 Å². The average Bonchev–Trinajstić information content (AvgIpc) is 3.16. The molecule has 1 aromatic carbocycles. The summed E-state index contributed by atoms with van der Waals surface area (Å²) in [5, 5.41) is 0. The molecule has 126 valence electrons. The monoisotopic (exact) mass is 337 g/mol. The van der Waals surface area contributed by atoms with Crippen LogP contribution in [0.3, 0.4) is 0 Å². The van der Waals surface area contributed by atoms with Crippen LogP contribution in [-0.4, -0.2) is 23.4 Å². The van der Waals surface area contributed by atoms with Crippen LogP contribution >= 0.6 is 0 Å². The summed E-state index contributed by atoms with van der Waals surface area (Å²) in [6.45, 7) is 0.349. The van der Waals surface area contributed by atoms with Crippen molar-refractivity contribution in [1.29, 1.82) is 0 Å². The van der Waals surface area contributed by atoms with E-state index < -0.39 is 17.8 Å². The van der Waals surface area contributed by atoms with Crippen LogP contribution in [0, 0.1) is 0 Å². The first kappa shape index (κ1) is 16.0. The van der Waals surface area contributed by atoms with E-state index in [2.05, 4.69) is 4.74 Å². The standard InChI is InChI=1S/C16H14F3N3O2/c17-16(18,19)14-9-22(10-24-14)13-3-1-11(2-4-13)7-21-6-5-12(8-21)15(20)23/h1-6,8-9H,7,10H2,(H2,20,23). The number of alkyl halides is 3. The number of benzene rings is 1. The van der Waals surface area contributed by atoms with Gasteiger partial charge in [-0.2, -0.15) is 13.2 Å². The summed E-state index contributed by atoms with van der Waals surface area (Å²) in [5.74, 6) is -1.50. The van der Waals surface area contributed by atoms with Gasteiger partial charge in [0.1, 0.15) is 0 Å². The van der Waals surface area contributed by atoms with Crippen molar-refractivity contribution in [2.24, 2.45) is 5.73 Å². The van der Waals surface area contributed by atoms with E-state index >= 15 is 0 Å². The predicted octanol–water partition coefficient (Wildman–Crippen LogP) is 2.83. The molecule has 1 amide bonds. The lowest BCUT2D eigenvalue weighted by Gasteiger charge is -2.14. The summed E-state index contributed by atoms with van der Waals surface area (Å²) in [4.78, 5) is 12.4. The molecule has 2 N–H and O–H groups in total. The van der Waals surface area contributed by atoms with E-state index in [1.165, 1.54) is 4.90 Å². The number of carbonyl (C=O) groups excluding carboxylic acids is 1. The van der Waals surface area contributed by atoms with E-state index in [-0.39, 0.29) is 6.73 Å². The molecule has 24 heavy (non-hydrogen) atoms. The minimum Gasteiger partial charge on any atom is -0.466 e. The van der Waals surface area contributed by atoms with Crippen molar-refractivity contribution in [2.45, 2.75) is 12.7 Å². The number of anilines is 1. The summed E-state index contributed by atoms with van der Waals surface area (Å²) in [6.07, 6.45) is -0.162. The Bertz CT molecular complexity index is 779. The molecule has 2 aromatic rings. The van der Waals surface area contributed by atoms with E-state index in [1.807, 2.05) is 0 Å². The van der Waals surface area contributed by atoms with Crippen molar-refractivity contribution >= 4 is 11.6 Å². The Labute approximate surface area is 135 Å². The van der Waals surface area contributed by atoms with Gasteiger partial charge in [-0.05, 0) is 23.8 Å². The topological polar surface area (TPSA) is 60.5 Å². The highest BCUT2D eigenvalue weighted by molar-refractivity contribution is 5.92. The number of hydrogen-bond acceptors (Lipinski definition) is 3. The van der Waals surface area contributed by atoms with E-state index in [9.17, 15) is 18.0 Å². The molecule has 0 radical (unpaired) electrons. The third-order valence-corrected chi connectivity index (χ3v) is 3.58. The number of hydrogen-bond donors (Lipinski definition) is 1. The molecule has 5 nitrogen and oxygen atoms in total. The van der Waals surface area contributed by atoms with Crippen molar-refractivity contribution in [3.05, 3.63) is 65.8 Å². The largest absolute Gasteiger partial charge is 0.466 e. The molecule has 0 aliphatic carbocycles. The van der Waals surface area contributed by atoms with Crippen LogP contribution in [0.5, 0.6) is 0 Å². The molecule has 1 aliphatic heterocycles. The number of allylic oxidation sites excluding steroid dienone is 1. The van der Waals surface area contributed by atoms with Crippen molar-refractivity contribution in [1.82, 2.24) is 4.57 Å². The third kappa shape index (κ3) is 3.37. The number of nitrogens with zero attached hydrogens (tertiary/aromatic N) is 2. The second-order valence-electron chi connectivity index (χ2n) is 5.34. The van der Waals surface area contributed by atoms with Gasteiger partial charge in [-0.15, -0.1) is 0 Å². The number of primary amides is 1. The highest BCUT2D eigenvalue weighted by Gasteiger charge is 2.39. The van der Waals surface area contributed by atoms with Gasteiger partial charge in [0.05, 0.1) is 11.8 Å². The number of halogens is 3. The first-order valence-corrected chi connectivity index (χ1v) is 7.06. The smallest absolute Gasteiger partial charge is 0.450 e. The fourth-order valence-corrected chi connectivity index (χ4v) is 2.35. The second kappa shape index (κ2) is 5.95. The van der Waals surface area contributed by atoms with Crippen molar-refractivity contribution in [2.75, 3.05) is 11.6 Å². The van der Waals surface area contributed by atoms with E-state index in [4.69, 9.17) is 5.73 Å². The maximum absolute atomic E-state index is 12.6. The first-order valence-electron chi connectivity index (χ1n) is 7.06. The van der Waals surface area contributed by atoms with Crippen molar-refractivity contribution in [3.63, 3.8) is 0 Å². The van der Waals surface area contributed by atoms with E-state index in [1.54, 1.807) is 47.3 Å². The third-order valence-electron chi connectivity index (χ3n) is 3.58. The van der Waals surface area contributed by atoms with Crippen LogP contribution in [0.25, 0.3) is 0 Å². The number of aromatic nitrogens is 1. The lowest BCUT2D eigenvalue weighted by atomic mass is 10.2. The predicted molar refractivity (Wildman–Crippen MR) is 81.1 cm³/mol. The Kier molecular flexibility index (Phi) is 3.96. The normalized spacial score (nSPS) is 14.5. The molecular formula is C16H14F3N3O2. The molecule has 0 unspecified atom stereocenters. The molecule has 1 aromatic heterocycles. The van der Waals surface area contributed by atoms with E-state index in [0.717, 1.165) is 11.8 Å². The van der Waals surface area contributed by atoms with Gasteiger partial charge in [-0.25, -0.2) is 0 Å². The molecule has 0 fully saturated rings. The Morgan fingerprint density at radius 2 is 1.92 bits per heavy atom. The second-order valence-corrected chi connectivity index (χ2v) is 5.34. The molecule has 3 rings (SSSR count). The fourth-order valence-electron chi connectivity index (χ4n) is 2.35. The van der Waals surface area contributed by atoms with Gasteiger partial charge in [0.15, 0.2) is 6.73 Å². The van der Waals surface area contributed by atoms with Gasteiger partial charge in [0, 0.05) is 24.6 Å². The molecule has 0 spiro atoms. The molecule has 0 saturated carbocycles. The fraction of sp³-hybridized carbons (Fsp3) is 0.188. The number of amides is 1. The summed E-state index contributed by atoms with van der Waals surface area (Å²) < 4.78 is 44.1. The van der Waals surface area contributed by atoms with Gasteiger partial charge in [0.2, 0.25) is 11.7 Å². The number of ether oxygens (including phenoxy) is 1. The molecule has 1 aliphatic rings. The Balaban J connectivity index is 1.69. The van der Waals surface area contributed by atoms with Gasteiger partial charge in [-0.1, -0.05) is 12.1 Å². The quantitative estimate of drug-likeness (QED) is 0.933. The molecule has 2 heterocycles. The Morgan fingerprint density at radius 3 is 2.46 bits per heavy atom. The average molecular weight is 337 g/mol. The minimum atomic E-state index is -4.48. The molecule has 8 heteroatoms. The highest BCUT2D eigenvalue weighted by Crippen LogP contribution is 2.32. The number of carbonyl (C=O) groups is 1.